The summed E-state index contributed by atoms with van der Waals surface area (Å²) in [5.41, 5.74) is 17.4. The molecule has 2 heteroatoms. The Balaban J connectivity index is 1.09. The van der Waals surface area contributed by atoms with Crippen LogP contribution in [0.1, 0.15) is 30.5 Å². The Morgan fingerprint density at radius 1 is 0.397 bits per heavy atom. The van der Waals surface area contributed by atoms with Crippen LogP contribution in [0.25, 0.3) is 66.0 Å². The van der Waals surface area contributed by atoms with Crippen LogP contribution >= 0.6 is 0 Å². The lowest BCUT2D eigenvalue weighted by molar-refractivity contribution is 0.660. The first-order chi connectivity index (χ1) is 28.5. The molecule has 0 unspecified atom stereocenters. The molecule has 0 radical (unpaired) electrons. The van der Waals surface area contributed by atoms with Gasteiger partial charge in [-0.05, 0) is 104 Å². The molecular weight excluding hydrogens is 701 g/mol. The van der Waals surface area contributed by atoms with Crippen molar-refractivity contribution in [3.8, 4) is 33.4 Å². The second kappa shape index (κ2) is 13.5. The van der Waals surface area contributed by atoms with E-state index in [0.717, 1.165) is 23.6 Å². The van der Waals surface area contributed by atoms with Crippen molar-refractivity contribution in [1.29, 1.82) is 0 Å². The molecule has 0 saturated heterocycles. The van der Waals surface area contributed by atoms with Gasteiger partial charge in [0.2, 0.25) is 0 Å². The minimum Gasteiger partial charge on any atom is -0.336 e. The number of aromatic nitrogens is 1. The fraction of sp³-hybridized carbons (Fsp3) is 0.0714. The second-order valence-corrected chi connectivity index (χ2v) is 16.2. The fourth-order valence-electron chi connectivity index (χ4n) is 9.60. The maximum absolute atomic E-state index is 2.47. The molecule has 0 saturated carbocycles. The number of hydrogen-bond acceptors (Lipinski definition) is 1. The highest BCUT2D eigenvalue weighted by molar-refractivity contribution is 6.12. The molecule has 11 rings (SSSR count). The molecule has 1 heterocycles. The third-order valence-electron chi connectivity index (χ3n) is 12.4. The Kier molecular flexibility index (Phi) is 7.94. The minimum atomic E-state index is -0.117. The van der Waals surface area contributed by atoms with Gasteiger partial charge in [0.1, 0.15) is 0 Å². The summed E-state index contributed by atoms with van der Waals surface area (Å²) in [6.07, 6.45) is 0. The van der Waals surface area contributed by atoms with Crippen molar-refractivity contribution in [2.45, 2.75) is 25.8 Å². The smallest absolute Gasteiger partial charge is 0.0540 e. The van der Waals surface area contributed by atoms with Crippen LogP contribution < -0.4 is 4.90 Å². The van der Waals surface area contributed by atoms with Gasteiger partial charge >= 0.3 is 0 Å². The molecule has 0 atom stereocenters. The SMILES string of the molecule is CC1(C)c2ccccc2-c2ccc(N(c3cccc(-c4ccccc4)c3)c3ccc(-c4ccc5c(c4)c4ccccc4n5Cc4ccccc4)c4ccccc34)cc21. The number of rotatable bonds is 7. The van der Waals surface area contributed by atoms with Crippen molar-refractivity contribution < 1.29 is 0 Å². The number of anilines is 3. The maximum Gasteiger partial charge on any atom is 0.0540 e. The largest absolute Gasteiger partial charge is 0.336 e. The van der Waals surface area contributed by atoms with Crippen LogP contribution in [0.2, 0.25) is 0 Å². The monoisotopic (exact) mass is 742 g/mol. The summed E-state index contributed by atoms with van der Waals surface area (Å²) >= 11 is 0. The molecule has 2 nitrogen and oxygen atoms in total. The van der Waals surface area contributed by atoms with E-state index in [2.05, 4.69) is 230 Å². The van der Waals surface area contributed by atoms with Gasteiger partial charge in [0.15, 0.2) is 0 Å². The van der Waals surface area contributed by atoms with Crippen LogP contribution in [0, 0.1) is 0 Å². The molecule has 0 bridgehead atoms. The molecule has 0 aliphatic heterocycles. The van der Waals surface area contributed by atoms with E-state index in [1.165, 1.54) is 82.6 Å². The van der Waals surface area contributed by atoms with E-state index in [1.54, 1.807) is 0 Å². The summed E-state index contributed by atoms with van der Waals surface area (Å²) in [5.74, 6) is 0. The average molecular weight is 743 g/mol. The van der Waals surface area contributed by atoms with Gasteiger partial charge < -0.3 is 9.47 Å². The molecule has 0 N–H and O–H groups in total. The van der Waals surface area contributed by atoms with Gasteiger partial charge in [-0.15, -0.1) is 0 Å². The normalized spacial score (nSPS) is 12.9. The van der Waals surface area contributed by atoms with Gasteiger partial charge in [-0.1, -0.05) is 172 Å². The highest BCUT2D eigenvalue weighted by atomic mass is 15.1. The second-order valence-electron chi connectivity index (χ2n) is 16.2. The van der Waals surface area contributed by atoms with Crippen LogP contribution in [-0.2, 0) is 12.0 Å². The van der Waals surface area contributed by atoms with Gasteiger partial charge in [-0.2, -0.15) is 0 Å². The predicted octanol–water partition coefficient (Wildman–Crippen LogP) is 15.1. The van der Waals surface area contributed by atoms with Crippen molar-refractivity contribution >= 4 is 49.6 Å². The van der Waals surface area contributed by atoms with E-state index in [4.69, 9.17) is 0 Å². The molecule has 0 amide bonds. The van der Waals surface area contributed by atoms with Crippen molar-refractivity contribution in [3.63, 3.8) is 0 Å². The standard InChI is InChI=1S/C56H42N2/c1-56(2)51-26-13-11-23-46(51)47-30-29-43(36-52(47)56)58(42-21-15-20-40(34-42)39-18-7-4-8-19-39)55-33-31-44(45-22-9-10-24-48(45)55)41-28-32-54-50(35-41)49-25-12-14-27-53(49)57(54)37-38-16-5-3-6-17-38/h3-36H,37H2,1-2H3. The Labute approximate surface area is 339 Å². The number of nitrogens with zero attached hydrogens (tertiary/aromatic N) is 2. The summed E-state index contributed by atoms with van der Waals surface area (Å²) in [5, 5.41) is 4.99. The lowest BCUT2D eigenvalue weighted by atomic mass is 9.82. The van der Waals surface area contributed by atoms with Gasteiger partial charge in [0, 0.05) is 50.5 Å². The van der Waals surface area contributed by atoms with Crippen LogP contribution in [0.5, 0.6) is 0 Å². The maximum atomic E-state index is 2.47. The Bertz CT molecular complexity index is 3170. The minimum absolute atomic E-state index is 0.117. The molecule has 1 aromatic heterocycles. The van der Waals surface area contributed by atoms with Gasteiger partial charge in [0.25, 0.3) is 0 Å². The van der Waals surface area contributed by atoms with Crippen LogP contribution in [0.3, 0.4) is 0 Å². The Morgan fingerprint density at radius 3 is 1.88 bits per heavy atom. The van der Waals surface area contributed by atoms with E-state index in [1.807, 2.05) is 0 Å². The zero-order valence-electron chi connectivity index (χ0n) is 32.7. The quantitative estimate of drug-likeness (QED) is 0.158. The number of hydrogen-bond donors (Lipinski definition) is 0. The Morgan fingerprint density at radius 2 is 1.03 bits per heavy atom. The summed E-state index contributed by atoms with van der Waals surface area (Å²) in [4.78, 5) is 2.47. The third-order valence-corrected chi connectivity index (χ3v) is 12.4. The number of fused-ring (bicyclic) bond motifs is 7. The van der Waals surface area contributed by atoms with Gasteiger partial charge in [0.05, 0.1) is 5.69 Å². The molecule has 58 heavy (non-hydrogen) atoms. The van der Waals surface area contributed by atoms with E-state index < -0.39 is 0 Å². The van der Waals surface area contributed by atoms with Crippen LogP contribution in [-0.4, -0.2) is 4.57 Å². The summed E-state index contributed by atoms with van der Waals surface area (Å²) in [7, 11) is 0. The van der Waals surface area contributed by atoms with E-state index in [9.17, 15) is 0 Å². The first-order valence-corrected chi connectivity index (χ1v) is 20.3. The van der Waals surface area contributed by atoms with Crippen molar-refractivity contribution in [2.24, 2.45) is 0 Å². The molecule has 1 aliphatic carbocycles. The number of benzene rings is 9. The lowest BCUT2D eigenvalue weighted by Gasteiger charge is -2.30. The molecule has 10 aromatic rings. The Hall–Kier alpha value is -7.16. The summed E-state index contributed by atoms with van der Waals surface area (Å²) in [6.45, 7) is 5.55. The highest BCUT2D eigenvalue weighted by Gasteiger charge is 2.36. The van der Waals surface area contributed by atoms with E-state index in [-0.39, 0.29) is 5.41 Å². The highest BCUT2D eigenvalue weighted by Crippen LogP contribution is 2.51. The molecule has 9 aromatic carbocycles. The first kappa shape index (κ1) is 34.1. The van der Waals surface area contributed by atoms with Crippen LogP contribution in [0.15, 0.2) is 206 Å². The van der Waals surface area contributed by atoms with Crippen molar-refractivity contribution in [1.82, 2.24) is 4.57 Å². The van der Waals surface area contributed by atoms with Crippen LogP contribution in [0.4, 0.5) is 17.1 Å². The fourth-order valence-corrected chi connectivity index (χ4v) is 9.60. The number of para-hydroxylation sites is 1. The third kappa shape index (κ3) is 5.48. The zero-order valence-corrected chi connectivity index (χ0v) is 32.7. The molecule has 0 spiro atoms. The van der Waals surface area contributed by atoms with Crippen molar-refractivity contribution in [3.05, 3.63) is 223 Å². The van der Waals surface area contributed by atoms with Crippen molar-refractivity contribution in [2.75, 3.05) is 4.90 Å². The average Bonchev–Trinajstić information content (AvgIpc) is 3.71. The van der Waals surface area contributed by atoms with E-state index >= 15 is 0 Å². The summed E-state index contributed by atoms with van der Waals surface area (Å²) in [6, 6.07) is 75.9. The lowest BCUT2D eigenvalue weighted by Crippen LogP contribution is -2.16. The van der Waals surface area contributed by atoms with Gasteiger partial charge in [-0.3, -0.25) is 0 Å². The zero-order chi connectivity index (χ0) is 38.8. The molecule has 0 fully saturated rings. The molecular formula is C56H42N2. The summed E-state index contributed by atoms with van der Waals surface area (Å²) < 4.78 is 2.46. The molecule has 276 valence electrons. The molecule has 1 aliphatic rings. The first-order valence-electron chi connectivity index (χ1n) is 20.3. The van der Waals surface area contributed by atoms with Gasteiger partial charge in [-0.25, -0.2) is 0 Å². The van der Waals surface area contributed by atoms with E-state index in [0.29, 0.717) is 0 Å². The predicted molar refractivity (Wildman–Crippen MR) is 246 cm³/mol. The topological polar surface area (TPSA) is 8.17 Å².